The van der Waals surface area contributed by atoms with E-state index in [1.54, 1.807) is 0 Å². The Kier molecular flexibility index (Phi) is 51.0. The Morgan fingerprint density at radius 1 is 0.403 bits per heavy atom. The molecular formula is C60H101O11P. The molecule has 0 aliphatic heterocycles. The van der Waals surface area contributed by atoms with Gasteiger partial charge in [0.25, 0.3) is 0 Å². The normalized spacial score (nSPS) is 14.1. The fourth-order valence-electron chi connectivity index (χ4n) is 7.16. The molecule has 0 rings (SSSR count). The molecule has 11 nitrogen and oxygen atoms in total. The molecule has 0 saturated carbocycles. The number of aliphatic hydroxyl groups is 1. The number of hydrogen-bond acceptors (Lipinski definition) is 10. The highest BCUT2D eigenvalue weighted by Gasteiger charge is 2.28. The van der Waals surface area contributed by atoms with E-state index in [-0.39, 0.29) is 25.9 Å². The van der Waals surface area contributed by atoms with Gasteiger partial charge in [-0.05, 0) is 116 Å². The minimum Gasteiger partial charge on any atom is -0.462 e. The van der Waals surface area contributed by atoms with Crippen LogP contribution in [-0.2, 0) is 42.2 Å². The Bertz CT molecular complexity index is 1580. The average molecular weight is 1030 g/mol. The van der Waals surface area contributed by atoms with Gasteiger partial charge in [-0.3, -0.25) is 23.4 Å². The van der Waals surface area contributed by atoms with Gasteiger partial charge in [0.05, 0.1) is 19.8 Å². The average Bonchev–Trinajstić information content (AvgIpc) is 3.37. The predicted octanol–water partition coefficient (Wildman–Crippen LogP) is 16.5. The van der Waals surface area contributed by atoms with Crippen molar-refractivity contribution in [2.75, 3.05) is 26.4 Å². The SMILES string of the molecule is CC/C=C\C/C=C\C/C=C\C/C=C\CCCCC(=O)OCC(COP(=O)(O)OCC(CO)OC(=O)CCCCCCC/C=C\CCCC)OC(=O)CCCCCCCC/C=C\C/C=C\C/C=C\CCCCC. The number of aliphatic hydroxyl groups excluding tert-OH is 1. The molecule has 0 spiro atoms. The highest BCUT2D eigenvalue weighted by molar-refractivity contribution is 7.47. The van der Waals surface area contributed by atoms with Crippen molar-refractivity contribution >= 4 is 25.7 Å². The molecule has 0 aromatic carbocycles. The first-order valence-electron chi connectivity index (χ1n) is 28.1. The van der Waals surface area contributed by atoms with Gasteiger partial charge in [0.2, 0.25) is 0 Å². The minimum absolute atomic E-state index is 0.139. The summed E-state index contributed by atoms with van der Waals surface area (Å²) in [5.41, 5.74) is 0. The zero-order chi connectivity index (χ0) is 52.7. The highest BCUT2D eigenvalue weighted by atomic mass is 31.2. The maximum atomic E-state index is 12.9. The Hall–Kier alpha value is -3.60. The zero-order valence-corrected chi connectivity index (χ0v) is 46.3. The second-order valence-corrected chi connectivity index (χ2v) is 19.8. The molecule has 3 unspecified atom stereocenters. The predicted molar refractivity (Wildman–Crippen MR) is 297 cm³/mol. The summed E-state index contributed by atoms with van der Waals surface area (Å²) < 4.78 is 39.4. The third-order valence-electron chi connectivity index (χ3n) is 11.5. The molecule has 72 heavy (non-hydrogen) atoms. The van der Waals surface area contributed by atoms with E-state index < -0.39 is 57.8 Å². The Morgan fingerprint density at radius 3 is 1.19 bits per heavy atom. The molecule has 0 heterocycles. The lowest BCUT2D eigenvalue weighted by Crippen LogP contribution is -2.30. The summed E-state index contributed by atoms with van der Waals surface area (Å²) in [4.78, 5) is 48.4. The van der Waals surface area contributed by atoms with Crippen molar-refractivity contribution in [2.45, 2.75) is 238 Å². The molecular weight excluding hydrogens is 928 g/mol. The number of rotatable bonds is 51. The van der Waals surface area contributed by atoms with Gasteiger partial charge in [-0.15, -0.1) is 0 Å². The van der Waals surface area contributed by atoms with Crippen molar-refractivity contribution in [1.82, 2.24) is 0 Å². The summed E-state index contributed by atoms with van der Waals surface area (Å²) in [6.45, 7) is 4.38. The maximum absolute atomic E-state index is 12.9. The van der Waals surface area contributed by atoms with Gasteiger partial charge in [-0.25, -0.2) is 4.57 Å². The highest BCUT2D eigenvalue weighted by Crippen LogP contribution is 2.43. The minimum atomic E-state index is -4.76. The number of phosphoric acid groups is 1. The number of allylic oxidation sites excluding steroid dienone is 16. The number of esters is 3. The van der Waals surface area contributed by atoms with Gasteiger partial charge in [0.1, 0.15) is 12.7 Å². The monoisotopic (exact) mass is 1030 g/mol. The van der Waals surface area contributed by atoms with Crippen LogP contribution in [0, 0.1) is 0 Å². The largest absolute Gasteiger partial charge is 0.472 e. The third kappa shape index (κ3) is 51.3. The Labute approximate surface area is 438 Å². The molecule has 2 N–H and O–H groups in total. The van der Waals surface area contributed by atoms with Crippen molar-refractivity contribution in [3.8, 4) is 0 Å². The first kappa shape index (κ1) is 68.4. The molecule has 0 aliphatic rings. The van der Waals surface area contributed by atoms with Crippen molar-refractivity contribution in [3.63, 3.8) is 0 Å². The van der Waals surface area contributed by atoms with Gasteiger partial charge < -0.3 is 24.2 Å². The molecule has 0 saturated heterocycles. The molecule has 0 aliphatic carbocycles. The molecule has 0 amide bonds. The van der Waals surface area contributed by atoms with Crippen molar-refractivity contribution < 1.29 is 52.2 Å². The van der Waals surface area contributed by atoms with Crippen LogP contribution in [0.2, 0.25) is 0 Å². The molecule has 12 heteroatoms. The van der Waals surface area contributed by atoms with Crippen LogP contribution in [0.1, 0.15) is 226 Å². The number of carbonyl (C=O) groups is 3. The molecule has 0 radical (unpaired) electrons. The lowest BCUT2D eigenvalue weighted by molar-refractivity contribution is -0.161. The fourth-order valence-corrected chi connectivity index (χ4v) is 7.94. The standard InChI is InChI=1S/C60H101O11P/c1-4-7-10-13-16-19-22-24-26-27-28-29-31-33-36-39-42-45-48-51-60(64)71-57(53-67-58(62)49-46-43-40-37-35-32-30-25-23-20-17-14-11-8-5-2)55-69-72(65,66)68-54-56(52-61)70-59(63)50-47-44-41-38-34-21-18-15-12-9-6-3/h8,11,15-20,24-26,28-30,35,37,56-57,61H,4-7,9-10,12-14,21-23,27,31-34,36,38-55H2,1-3H3,(H,65,66)/b11-8-,18-15-,19-16-,20-17-,26-24-,29-28-,30-25-,37-35-. The molecule has 0 aromatic heterocycles. The fraction of sp³-hybridized carbons (Fsp3) is 0.683. The smallest absolute Gasteiger partial charge is 0.462 e. The van der Waals surface area contributed by atoms with E-state index in [0.717, 1.165) is 128 Å². The summed E-state index contributed by atoms with van der Waals surface area (Å²) in [7, 11) is -4.76. The topological polar surface area (TPSA) is 155 Å². The van der Waals surface area contributed by atoms with Gasteiger partial charge >= 0.3 is 25.7 Å². The van der Waals surface area contributed by atoms with E-state index in [2.05, 4.69) is 118 Å². The summed E-state index contributed by atoms with van der Waals surface area (Å²) in [6.07, 6.45) is 62.3. The van der Waals surface area contributed by atoms with E-state index in [0.29, 0.717) is 19.3 Å². The zero-order valence-electron chi connectivity index (χ0n) is 45.4. The van der Waals surface area contributed by atoms with Crippen molar-refractivity contribution in [1.29, 1.82) is 0 Å². The molecule has 0 bridgehead atoms. The summed E-state index contributed by atoms with van der Waals surface area (Å²) in [5, 5.41) is 9.78. The molecule has 3 atom stereocenters. The van der Waals surface area contributed by atoms with Crippen LogP contribution in [-0.4, -0.2) is 66.5 Å². The summed E-state index contributed by atoms with van der Waals surface area (Å²) >= 11 is 0. The van der Waals surface area contributed by atoms with Crippen LogP contribution in [0.15, 0.2) is 97.2 Å². The third-order valence-corrected chi connectivity index (χ3v) is 12.4. The second-order valence-electron chi connectivity index (χ2n) is 18.4. The Balaban J connectivity index is 4.83. The van der Waals surface area contributed by atoms with E-state index in [4.69, 9.17) is 23.3 Å². The molecule has 412 valence electrons. The van der Waals surface area contributed by atoms with Crippen LogP contribution in [0.4, 0.5) is 0 Å². The number of ether oxygens (including phenoxy) is 3. The van der Waals surface area contributed by atoms with E-state index >= 15 is 0 Å². The lowest BCUT2D eigenvalue weighted by Gasteiger charge is -2.21. The molecule has 0 aromatic rings. The van der Waals surface area contributed by atoms with Gasteiger partial charge in [-0.2, -0.15) is 0 Å². The quantitative estimate of drug-likeness (QED) is 0.0197. The van der Waals surface area contributed by atoms with E-state index in [9.17, 15) is 28.9 Å². The lowest BCUT2D eigenvalue weighted by atomic mass is 10.1. The number of carbonyl (C=O) groups excluding carboxylic acids is 3. The van der Waals surface area contributed by atoms with Crippen LogP contribution in [0.5, 0.6) is 0 Å². The van der Waals surface area contributed by atoms with Gasteiger partial charge in [-0.1, -0.05) is 189 Å². The van der Waals surface area contributed by atoms with Crippen LogP contribution in [0.3, 0.4) is 0 Å². The first-order chi connectivity index (χ1) is 35.2. The second kappa shape index (κ2) is 53.7. The number of hydrogen-bond donors (Lipinski definition) is 2. The summed E-state index contributed by atoms with van der Waals surface area (Å²) in [5.74, 6) is -1.55. The summed E-state index contributed by atoms with van der Waals surface area (Å²) in [6, 6.07) is 0. The first-order valence-corrected chi connectivity index (χ1v) is 29.6. The van der Waals surface area contributed by atoms with Crippen LogP contribution >= 0.6 is 7.82 Å². The van der Waals surface area contributed by atoms with Crippen LogP contribution in [0.25, 0.3) is 0 Å². The van der Waals surface area contributed by atoms with Crippen LogP contribution < -0.4 is 0 Å². The van der Waals surface area contributed by atoms with E-state index in [1.165, 1.54) is 38.5 Å². The van der Waals surface area contributed by atoms with Crippen molar-refractivity contribution in [3.05, 3.63) is 97.2 Å². The van der Waals surface area contributed by atoms with E-state index in [1.807, 2.05) is 0 Å². The maximum Gasteiger partial charge on any atom is 0.472 e. The Morgan fingerprint density at radius 2 is 0.736 bits per heavy atom. The van der Waals surface area contributed by atoms with Gasteiger partial charge in [0, 0.05) is 19.3 Å². The van der Waals surface area contributed by atoms with Crippen molar-refractivity contribution in [2.24, 2.45) is 0 Å². The molecule has 0 fully saturated rings. The number of phosphoric ester groups is 1. The number of unbranched alkanes of at least 4 members (excludes halogenated alkanes) is 18. The van der Waals surface area contributed by atoms with Gasteiger partial charge in [0.15, 0.2) is 6.10 Å².